The van der Waals surface area contributed by atoms with Crippen LogP contribution >= 0.6 is 0 Å². The number of pyridine rings is 1. The summed E-state index contributed by atoms with van der Waals surface area (Å²) < 4.78 is 0. The molecule has 1 heterocycles. The predicted octanol–water partition coefficient (Wildman–Crippen LogP) is 0.741. The zero-order valence-electron chi connectivity index (χ0n) is 10.7. The monoisotopic (exact) mass is 251 g/mol. The molecule has 0 aliphatic rings. The fourth-order valence-electron chi connectivity index (χ4n) is 1.41. The van der Waals surface area contributed by atoms with E-state index in [0.717, 1.165) is 5.82 Å². The summed E-state index contributed by atoms with van der Waals surface area (Å²) in [7, 11) is 3.72. The van der Waals surface area contributed by atoms with Gasteiger partial charge in [0.15, 0.2) is 0 Å². The second-order valence-corrected chi connectivity index (χ2v) is 4.27. The Morgan fingerprint density at radius 3 is 2.56 bits per heavy atom. The van der Waals surface area contributed by atoms with Crippen LogP contribution < -0.4 is 10.2 Å². The van der Waals surface area contributed by atoms with Crippen molar-refractivity contribution in [3.05, 3.63) is 23.9 Å². The Labute approximate surface area is 106 Å². The van der Waals surface area contributed by atoms with Crippen LogP contribution in [0.15, 0.2) is 18.3 Å². The molecule has 0 bridgehead atoms. The summed E-state index contributed by atoms with van der Waals surface area (Å²) in [4.78, 5) is 28.2. The third kappa shape index (κ3) is 4.04. The van der Waals surface area contributed by atoms with Gasteiger partial charge in [-0.3, -0.25) is 9.59 Å². The number of hydrogen-bond acceptors (Lipinski definition) is 4. The van der Waals surface area contributed by atoms with E-state index in [1.807, 2.05) is 19.0 Å². The minimum Gasteiger partial charge on any atom is -0.481 e. The highest BCUT2D eigenvalue weighted by Crippen LogP contribution is 2.08. The summed E-state index contributed by atoms with van der Waals surface area (Å²) in [6.45, 7) is 1.65. The van der Waals surface area contributed by atoms with Crippen molar-refractivity contribution < 1.29 is 14.7 Å². The zero-order chi connectivity index (χ0) is 13.7. The fraction of sp³-hybridized carbons (Fsp3) is 0.417. The van der Waals surface area contributed by atoms with Crippen molar-refractivity contribution in [3.8, 4) is 0 Å². The van der Waals surface area contributed by atoms with E-state index in [-0.39, 0.29) is 12.3 Å². The van der Waals surface area contributed by atoms with Gasteiger partial charge in [-0.1, -0.05) is 0 Å². The van der Waals surface area contributed by atoms with Crippen LogP contribution in [0, 0.1) is 0 Å². The Kier molecular flexibility index (Phi) is 4.65. The number of amides is 1. The van der Waals surface area contributed by atoms with E-state index in [9.17, 15) is 9.59 Å². The minimum absolute atomic E-state index is 0.102. The Balaban J connectivity index is 2.64. The normalized spacial score (nSPS) is 11.7. The Hall–Kier alpha value is -2.11. The van der Waals surface area contributed by atoms with Crippen molar-refractivity contribution in [2.75, 3.05) is 19.0 Å². The maximum atomic E-state index is 11.8. The molecule has 0 aromatic carbocycles. The molecule has 1 amide bonds. The first-order chi connectivity index (χ1) is 8.40. The molecule has 98 valence electrons. The SMILES string of the molecule is CC(CC(=O)O)NC(=O)c1ccc(N(C)C)nc1. The number of rotatable bonds is 5. The second kappa shape index (κ2) is 6.00. The third-order valence-electron chi connectivity index (χ3n) is 2.33. The molecular formula is C12H17N3O3. The lowest BCUT2D eigenvalue weighted by atomic mass is 10.2. The largest absolute Gasteiger partial charge is 0.481 e. The summed E-state index contributed by atoms with van der Waals surface area (Å²) in [5.74, 6) is -0.504. The molecule has 6 nitrogen and oxygen atoms in total. The fourth-order valence-corrected chi connectivity index (χ4v) is 1.41. The number of carbonyl (C=O) groups excluding carboxylic acids is 1. The zero-order valence-corrected chi connectivity index (χ0v) is 10.7. The van der Waals surface area contributed by atoms with E-state index in [1.54, 1.807) is 19.1 Å². The first-order valence-corrected chi connectivity index (χ1v) is 5.56. The van der Waals surface area contributed by atoms with Crippen molar-refractivity contribution in [3.63, 3.8) is 0 Å². The van der Waals surface area contributed by atoms with Crippen molar-refractivity contribution in [1.29, 1.82) is 0 Å². The molecule has 1 atom stereocenters. The van der Waals surface area contributed by atoms with Gasteiger partial charge in [0.25, 0.3) is 5.91 Å². The molecule has 1 unspecified atom stereocenters. The number of aliphatic carboxylic acids is 1. The van der Waals surface area contributed by atoms with Gasteiger partial charge in [-0.2, -0.15) is 0 Å². The number of anilines is 1. The quantitative estimate of drug-likeness (QED) is 0.806. The molecule has 0 radical (unpaired) electrons. The molecule has 1 rings (SSSR count). The van der Waals surface area contributed by atoms with E-state index >= 15 is 0 Å². The molecule has 0 saturated heterocycles. The van der Waals surface area contributed by atoms with E-state index in [0.29, 0.717) is 5.56 Å². The van der Waals surface area contributed by atoms with Gasteiger partial charge >= 0.3 is 5.97 Å². The summed E-state index contributed by atoms with van der Waals surface area (Å²) in [6, 6.07) is 2.98. The number of hydrogen-bond donors (Lipinski definition) is 2. The van der Waals surface area contributed by atoms with Crippen LogP contribution in [-0.2, 0) is 4.79 Å². The summed E-state index contributed by atoms with van der Waals surface area (Å²) in [5, 5.41) is 11.2. The topological polar surface area (TPSA) is 82.5 Å². The lowest BCUT2D eigenvalue weighted by molar-refractivity contribution is -0.137. The molecule has 18 heavy (non-hydrogen) atoms. The number of carboxylic acids is 1. The summed E-state index contributed by atoms with van der Waals surface area (Å²) in [5.41, 5.74) is 0.415. The van der Waals surface area contributed by atoms with Crippen LogP contribution in [0.4, 0.5) is 5.82 Å². The molecule has 1 aromatic rings. The van der Waals surface area contributed by atoms with Gasteiger partial charge in [-0.25, -0.2) is 4.98 Å². The molecule has 6 heteroatoms. The van der Waals surface area contributed by atoms with Crippen LogP contribution in [0.5, 0.6) is 0 Å². The smallest absolute Gasteiger partial charge is 0.305 e. The van der Waals surface area contributed by atoms with Crippen LogP contribution in [0.2, 0.25) is 0 Å². The number of nitrogens with one attached hydrogen (secondary N) is 1. The highest BCUT2D eigenvalue weighted by Gasteiger charge is 2.12. The van der Waals surface area contributed by atoms with Crippen molar-refractivity contribution in [1.82, 2.24) is 10.3 Å². The molecule has 0 spiro atoms. The van der Waals surface area contributed by atoms with Gasteiger partial charge in [0.2, 0.25) is 0 Å². The molecule has 0 fully saturated rings. The molecular weight excluding hydrogens is 234 g/mol. The van der Waals surface area contributed by atoms with Crippen molar-refractivity contribution in [2.45, 2.75) is 19.4 Å². The van der Waals surface area contributed by atoms with Gasteiger partial charge in [0, 0.05) is 26.3 Å². The molecule has 1 aromatic heterocycles. The number of carboxylic acid groups (broad SMARTS) is 1. The van der Waals surface area contributed by atoms with Crippen molar-refractivity contribution >= 4 is 17.7 Å². The highest BCUT2D eigenvalue weighted by atomic mass is 16.4. The first-order valence-electron chi connectivity index (χ1n) is 5.56. The Morgan fingerprint density at radius 1 is 1.44 bits per heavy atom. The van der Waals surface area contributed by atoms with Gasteiger partial charge < -0.3 is 15.3 Å². The summed E-state index contributed by atoms with van der Waals surface area (Å²) >= 11 is 0. The van der Waals surface area contributed by atoms with E-state index in [1.165, 1.54) is 6.20 Å². The summed E-state index contributed by atoms with van der Waals surface area (Å²) in [6.07, 6.45) is 1.37. The van der Waals surface area contributed by atoms with Gasteiger partial charge in [-0.15, -0.1) is 0 Å². The average molecular weight is 251 g/mol. The van der Waals surface area contributed by atoms with Crippen LogP contribution in [0.3, 0.4) is 0 Å². The van der Waals surface area contributed by atoms with Gasteiger partial charge in [0.05, 0.1) is 12.0 Å². The van der Waals surface area contributed by atoms with E-state index < -0.39 is 12.0 Å². The van der Waals surface area contributed by atoms with E-state index in [2.05, 4.69) is 10.3 Å². The number of carbonyl (C=O) groups is 2. The maximum absolute atomic E-state index is 11.8. The van der Waals surface area contributed by atoms with Crippen LogP contribution in [0.1, 0.15) is 23.7 Å². The Bertz CT molecular complexity index is 429. The lowest BCUT2D eigenvalue weighted by Gasteiger charge is -2.13. The maximum Gasteiger partial charge on any atom is 0.305 e. The van der Waals surface area contributed by atoms with Gasteiger partial charge in [-0.05, 0) is 19.1 Å². The number of nitrogens with zero attached hydrogens (tertiary/aromatic N) is 2. The van der Waals surface area contributed by atoms with Crippen LogP contribution in [0.25, 0.3) is 0 Å². The molecule has 0 saturated carbocycles. The Morgan fingerprint density at radius 2 is 2.11 bits per heavy atom. The van der Waals surface area contributed by atoms with Gasteiger partial charge in [0.1, 0.15) is 5.82 Å². The number of aromatic nitrogens is 1. The lowest BCUT2D eigenvalue weighted by Crippen LogP contribution is -2.34. The van der Waals surface area contributed by atoms with Crippen LogP contribution in [-0.4, -0.2) is 42.1 Å². The first kappa shape index (κ1) is 14.0. The molecule has 0 aliphatic heterocycles. The minimum atomic E-state index is -0.941. The average Bonchev–Trinajstić information content (AvgIpc) is 2.27. The predicted molar refractivity (Wildman–Crippen MR) is 67.7 cm³/mol. The molecule has 2 N–H and O–H groups in total. The second-order valence-electron chi connectivity index (χ2n) is 4.27. The third-order valence-corrected chi connectivity index (χ3v) is 2.33. The standard InChI is InChI=1S/C12H17N3O3/c1-8(6-11(16)17)14-12(18)9-4-5-10(13-7-9)15(2)3/h4-5,7-8H,6H2,1-3H3,(H,14,18)(H,16,17). The van der Waals surface area contributed by atoms with Crippen molar-refractivity contribution in [2.24, 2.45) is 0 Å². The highest BCUT2D eigenvalue weighted by molar-refractivity contribution is 5.94. The van der Waals surface area contributed by atoms with E-state index in [4.69, 9.17) is 5.11 Å². The molecule has 0 aliphatic carbocycles.